The summed E-state index contributed by atoms with van der Waals surface area (Å²) in [5.74, 6) is 2.11. The van der Waals surface area contributed by atoms with Crippen LogP contribution in [0.25, 0.3) is 0 Å². The molecule has 4 heteroatoms. The van der Waals surface area contributed by atoms with E-state index < -0.39 is 0 Å². The fraction of sp³-hybridized carbons (Fsp3) is 0.455. The minimum Gasteiger partial charge on any atom is -0.493 e. The van der Waals surface area contributed by atoms with Crippen LogP contribution in [-0.4, -0.2) is 37.7 Å². The van der Waals surface area contributed by atoms with Crippen molar-refractivity contribution in [1.29, 1.82) is 0 Å². The van der Waals surface area contributed by atoms with E-state index in [0.29, 0.717) is 12.5 Å². The molecule has 0 saturated carbocycles. The van der Waals surface area contributed by atoms with E-state index in [-0.39, 0.29) is 11.2 Å². The van der Waals surface area contributed by atoms with Crippen LogP contribution in [0.2, 0.25) is 0 Å². The van der Waals surface area contributed by atoms with E-state index in [4.69, 9.17) is 9.47 Å². The lowest BCUT2D eigenvalue weighted by atomic mass is 9.69. The van der Waals surface area contributed by atoms with Gasteiger partial charge < -0.3 is 14.4 Å². The topological polar surface area (TPSA) is 21.7 Å². The summed E-state index contributed by atoms with van der Waals surface area (Å²) in [5, 5.41) is 0. The van der Waals surface area contributed by atoms with Gasteiger partial charge in [-0.15, -0.1) is 0 Å². The number of ether oxygens (including phenoxy) is 2. The molecule has 3 aliphatic rings. The average molecular weight is 353 g/mol. The summed E-state index contributed by atoms with van der Waals surface area (Å²) in [6.45, 7) is 4.79. The van der Waals surface area contributed by atoms with Gasteiger partial charge in [-0.25, -0.2) is 4.39 Å². The average Bonchev–Trinajstić information content (AvgIpc) is 3.26. The summed E-state index contributed by atoms with van der Waals surface area (Å²) < 4.78 is 25.3. The van der Waals surface area contributed by atoms with Crippen molar-refractivity contribution in [2.75, 3.05) is 32.8 Å². The Morgan fingerprint density at radius 3 is 2.92 bits per heavy atom. The van der Waals surface area contributed by atoms with Gasteiger partial charge in [0.25, 0.3) is 0 Å². The van der Waals surface area contributed by atoms with Crippen LogP contribution in [0.5, 0.6) is 11.5 Å². The van der Waals surface area contributed by atoms with Crippen LogP contribution in [0.1, 0.15) is 29.9 Å². The summed E-state index contributed by atoms with van der Waals surface area (Å²) in [6.07, 6.45) is 3.24. The molecule has 2 bridgehead atoms. The van der Waals surface area contributed by atoms with Crippen molar-refractivity contribution in [1.82, 2.24) is 4.90 Å². The molecule has 0 aromatic heterocycles. The molecule has 3 aliphatic heterocycles. The lowest BCUT2D eigenvalue weighted by Crippen LogP contribution is -2.43. The predicted molar refractivity (Wildman–Crippen MR) is 98.4 cm³/mol. The first-order valence-corrected chi connectivity index (χ1v) is 9.58. The number of nitrogens with zero attached hydrogens (tertiary/aromatic N) is 1. The molecule has 2 fully saturated rings. The SMILES string of the molecule is Fc1ccc(C2CCN3CCC2(COc2ccc4c(c2)OCC4)C3)cc1. The molecule has 3 atom stereocenters. The summed E-state index contributed by atoms with van der Waals surface area (Å²) in [6, 6.07) is 13.3. The molecule has 3 heterocycles. The fourth-order valence-corrected chi connectivity index (χ4v) is 4.97. The molecule has 5 rings (SSSR count). The molecule has 136 valence electrons. The quantitative estimate of drug-likeness (QED) is 0.829. The van der Waals surface area contributed by atoms with Gasteiger partial charge in [0, 0.05) is 24.4 Å². The molecule has 3 nitrogen and oxygen atoms in total. The van der Waals surface area contributed by atoms with Crippen molar-refractivity contribution >= 4 is 0 Å². The van der Waals surface area contributed by atoms with Crippen LogP contribution in [0, 0.1) is 11.2 Å². The van der Waals surface area contributed by atoms with Gasteiger partial charge in [0.1, 0.15) is 17.3 Å². The first-order chi connectivity index (χ1) is 12.7. The van der Waals surface area contributed by atoms with Gasteiger partial charge in [0.15, 0.2) is 0 Å². The second kappa shape index (κ2) is 6.27. The lowest BCUT2D eigenvalue weighted by Gasteiger charge is -2.41. The summed E-state index contributed by atoms with van der Waals surface area (Å²) in [5.41, 5.74) is 2.62. The Morgan fingerprint density at radius 1 is 1.15 bits per heavy atom. The highest BCUT2D eigenvalue weighted by molar-refractivity contribution is 5.43. The molecule has 2 saturated heterocycles. The molecule has 0 aliphatic carbocycles. The zero-order valence-corrected chi connectivity index (χ0v) is 14.9. The summed E-state index contributed by atoms with van der Waals surface area (Å²) >= 11 is 0. The van der Waals surface area contributed by atoms with E-state index in [1.165, 1.54) is 11.1 Å². The minimum absolute atomic E-state index is 0.107. The molecule has 0 spiro atoms. The van der Waals surface area contributed by atoms with Crippen LogP contribution in [-0.2, 0) is 6.42 Å². The van der Waals surface area contributed by atoms with E-state index in [2.05, 4.69) is 17.0 Å². The maximum Gasteiger partial charge on any atom is 0.126 e. The number of fused-ring (bicyclic) bond motifs is 3. The van der Waals surface area contributed by atoms with E-state index in [9.17, 15) is 4.39 Å². The van der Waals surface area contributed by atoms with Crippen LogP contribution in [0.3, 0.4) is 0 Å². The van der Waals surface area contributed by atoms with Gasteiger partial charge in [-0.3, -0.25) is 0 Å². The van der Waals surface area contributed by atoms with Crippen LogP contribution < -0.4 is 9.47 Å². The fourth-order valence-electron chi connectivity index (χ4n) is 4.97. The molecule has 26 heavy (non-hydrogen) atoms. The van der Waals surface area contributed by atoms with E-state index in [0.717, 1.165) is 57.0 Å². The standard InChI is InChI=1S/C22H24FNO2/c23-18-4-1-16(2-5-18)20-7-10-24-11-9-22(20,14-24)15-26-19-6-3-17-8-12-25-21(17)13-19/h1-6,13,20H,7-12,14-15H2. The molecule has 3 unspecified atom stereocenters. The minimum atomic E-state index is -0.166. The zero-order valence-electron chi connectivity index (χ0n) is 14.9. The van der Waals surface area contributed by atoms with Crippen molar-refractivity contribution in [2.24, 2.45) is 5.41 Å². The van der Waals surface area contributed by atoms with Gasteiger partial charge in [0.2, 0.25) is 0 Å². The monoisotopic (exact) mass is 353 g/mol. The van der Waals surface area contributed by atoms with Crippen molar-refractivity contribution in [3.05, 3.63) is 59.4 Å². The normalized spacial score (nSPS) is 29.3. The highest BCUT2D eigenvalue weighted by Gasteiger charge is 2.48. The van der Waals surface area contributed by atoms with Gasteiger partial charge in [0.05, 0.1) is 13.2 Å². The van der Waals surface area contributed by atoms with Gasteiger partial charge >= 0.3 is 0 Å². The number of rotatable bonds is 4. The number of hydrogen-bond acceptors (Lipinski definition) is 3. The summed E-state index contributed by atoms with van der Waals surface area (Å²) in [7, 11) is 0. The number of halogens is 1. The molecule has 0 amide bonds. The van der Waals surface area contributed by atoms with Gasteiger partial charge in [-0.05, 0) is 61.2 Å². The van der Waals surface area contributed by atoms with E-state index in [1.54, 1.807) is 12.1 Å². The lowest BCUT2D eigenvalue weighted by molar-refractivity contribution is 0.0826. The highest BCUT2D eigenvalue weighted by atomic mass is 19.1. The first kappa shape index (κ1) is 16.1. The third kappa shape index (κ3) is 2.77. The number of benzene rings is 2. The molecule has 2 aromatic rings. The maximum atomic E-state index is 13.4. The Morgan fingerprint density at radius 2 is 2.04 bits per heavy atom. The maximum absolute atomic E-state index is 13.4. The van der Waals surface area contributed by atoms with Crippen molar-refractivity contribution < 1.29 is 13.9 Å². The van der Waals surface area contributed by atoms with Crippen molar-refractivity contribution in [3.8, 4) is 11.5 Å². The molecular weight excluding hydrogens is 329 g/mol. The molecular formula is C22H24FNO2. The smallest absolute Gasteiger partial charge is 0.126 e. The van der Waals surface area contributed by atoms with Gasteiger partial charge in [-0.1, -0.05) is 18.2 Å². The molecule has 0 radical (unpaired) electrons. The second-order valence-electron chi connectivity index (χ2n) is 7.94. The van der Waals surface area contributed by atoms with Crippen molar-refractivity contribution in [2.45, 2.75) is 25.2 Å². The van der Waals surface area contributed by atoms with E-state index in [1.807, 2.05) is 18.2 Å². The van der Waals surface area contributed by atoms with Crippen LogP contribution in [0.15, 0.2) is 42.5 Å². The molecule has 0 N–H and O–H groups in total. The summed E-state index contributed by atoms with van der Waals surface area (Å²) in [4.78, 5) is 2.54. The third-order valence-corrected chi connectivity index (χ3v) is 6.40. The Bertz CT molecular complexity index is 806. The first-order valence-electron chi connectivity index (χ1n) is 9.58. The Labute approximate surface area is 153 Å². The second-order valence-corrected chi connectivity index (χ2v) is 7.94. The number of piperidine rings is 1. The third-order valence-electron chi connectivity index (χ3n) is 6.40. The van der Waals surface area contributed by atoms with Crippen LogP contribution >= 0.6 is 0 Å². The van der Waals surface area contributed by atoms with Crippen LogP contribution in [0.4, 0.5) is 4.39 Å². The zero-order chi connectivity index (χ0) is 17.6. The Kier molecular flexibility index (Phi) is 3.89. The van der Waals surface area contributed by atoms with E-state index >= 15 is 0 Å². The predicted octanol–water partition coefficient (Wildman–Crippen LogP) is 4.02. The Balaban J connectivity index is 1.38. The highest BCUT2D eigenvalue weighted by Crippen LogP contribution is 2.49. The van der Waals surface area contributed by atoms with Gasteiger partial charge in [-0.2, -0.15) is 0 Å². The largest absolute Gasteiger partial charge is 0.493 e. The molecule has 2 aromatic carbocycles. The Hall–Kier alpha value is -2.07. The number of hydrogen-bond donors (Lipinski definition) is 0. The van der Waals surface area contributed by atoms with Crippen molar-refractivity contribution in [3.63, 3.8) is 0 Å².